The molecule has 3 rings (SSSR count). The van der Waals surface area contributed by atoms with E-state index in [0.29, 0.717) is 24.1 Å². The van der Waals surface area contributed by atoms with Crippen LogP contribution in [0.4, 0.5) is 0 Å². The van der Waals surface area contributed by atoms with Gasteiger partial charge >= 0.3 is 0 Å². The lowest BCUT2D eigenvalue weighted by atomic mass is 10.1. The molecule has 0 unspecified atom stereocenters. The summed E-state index contributed by atoms with van der Waals surface area (Å²) in [5.41, 5.74) is 2.57. The summed E-state index contributed by atoms with van der Waals surface area (Å²) in [7, 11) is 0. The van der Waals surface area contributed by atoms with Crippen molar-refractivity contribution >= 4 is 23.2 Å². The van der Waals surface area contributed by atoms with Crippen molar-refractivity contribution in [2.24, 2.45) is 0 Å². The van der Waals surface area contributed by atoms with Gasteiger partial charge in [-0.25, -0.2) is 9.97 Å². The molecular weight excluding hydrogens is 287 g/mol. The maximum Gasteiger partial charge on any atom is 0.224 e. The molecule has 1 aromatic heterocycles. The highest BCUT2D eigenvalue weighted by atomic mass is 35.5. The normalized spacial score (nSPS) is 15.9. The number of aromatic nitrogens is 2. The smallest absolute Gasteiger partial charge is 0.224 e. The molecule has 1 fully saturated rings. The summed E-state index contributed by atoms with van der Waals surface area (Å²) in [6.45, 7) is 1.26. The van der Waals surface area contributed by atoms with Crippen LogP contribution in [0.1, 0.15) is 11.9 Å². The van der Waals surface area contributed by atoms with Crippen molar-refractivity contribution in [3.8, 4) is 11.3 Å². The Labute approximate surface area is 120 Å². The highest BCUT2D eigenvalue weighted by Crippen LogP contribution is 2.27. The number of nitrogens with zero attached hydrogens (tertiary/aromatic N) is 2. The molecule has 1 aliphatic heterocycles. The first-order valence-electron chi connectivity index (χ1n) is 5.76. The van der Waals surface area contributed by atoms with E-state index in [1.165, 1.54) is 0 Å². The predicted octanol–water partition coefficient (Wildman–Crippen LogP) is 3.50. The molecule has 0 amide bonds. The van der Waals surface area contributed by atoms with E-state index < -0.39 is 0 Å². The zero-order valence-corrected chi connectivity index (χ0v) is 11.4. The Kier molecular flexibility index (Phi) is 3.66. The first kappa shape index (κ1) is 12.8. The number of benzene rings is 1. The van der Waals surface area contributed by atoms with Crippen LogP contribution in [0.3, 0.4) is 0 Å². The van der Waals surface area contributed by atoms with Crippen molar-refractivity contribution < 1.29 is 9.47 Å². The maximum atomic E-state index is 5.86. The molecule has 2 heterocycles. The summed E-state index contributed by atoms with van der Waals surface area (Å²) in [6, 6.07) is 9.40. The highest BCUT2D eigenvalue weighted by molar-refractivity contribution is 6.32. The Morgan fingerprint density at radius 3 is 2.32 bits per heavy atom. The summed E-state index contributed by atoms with van der Waals surface area (Å²) in [5, 5.41) is 0.454. The summed E-state index contributed by atoms with van der Waals surface area (Å²) in [4.78, 5) is 7.96. The van der Waals surface area contributed by atoms with Crippen molar-refractivity contribution in [1.82, 2.24) is 9.97 Å². The van der Waals surface area contributed by atoms with Gasteiger partial charge in [-0.05, 0) is 11.6 Å². The van der Waals surface area contributed by atoms with Crippen LogP contribution < -0.4 is 0 Å². The van der Waals surface area contributed by atoms with E-state index in [1.807, 2.05) is 24.3 Å². The van der Waals surface area contributed by atoms with Crippen LogP contribution in [0.25, 0.3) is 11.3 Å². The monoisotopic (exact) mass is 296 g/mol. The lowest BCUT2D eigenvalue weighted by molar-refractivity contribution is -0.0441. The third-order valence-corrected chi connectivity index (χ3v) is 3.13. The summed E-state index contributed by atoms with van der Waals surface area (Å²) < 4.78 is 10.9. The number of hydrogen-bond donors (Lipinski definition) is 0. The molecule has 6 heteroatoms. The van der Waals surface area contributed by atoms with E-state index in [-0.39, 0.29) is 11.6 Å². The van der Waals surface area contributed by atoms with Crippen LogP contribution in [0.15, 0.2) is 30.3 Å². The number of hydrogen-bond acceptors (Lipinski definition) is 4. The molecule has 0 bridgehead atoms. The van der Waals surface area contributed by atoms with Crippen LogP contribution in [0.2, 0.25) is 10.4 Å². The quantitative estimate of drug-likeness (QED) is 0.628. The molecule has 1 aromatic carbocycles. The van der Waals surface area contributed by atoms with E-state index in [1.54, 1.807) is 6.07 Å². The standard InChI is InChI=1S/C13H10Cl2N2O2/c14-11-7-10(16-13(15)17-11)8-1-3-9(4-2-8)12-18-5-6-19-12/h1-4,7,12H,5-6H2. The zero-order valence-electron chi connectivity index (χ0n) is 9.85. The van der Waals surface area contributed by atoms with Gasteiger partial charge in [0.25, 0.3) is 0 Å². The fraction of sp³-hybridized carbons (Fsp3) is 0.231. The molecule has 1 aliphatic rings. The van der Waals surface area contributed by atoms with Gasteiger partial charge in [0.05, 0.1) is 18.9 Å². The van der Waals surface area contributed by atoms with E-state index >= 15 is 0 Å². The van der Waals surface area contributed by atoms with Crippen LogP contribution in [0.5, 0.6) is 0 Å². The van der Waals surface area contributed by atoms with Crippen LogP contribution >= 0.6 is 23.2 Å². The molecule has 2 aromatic rings. The van der Waals surface area contributed by atoms with Crippen molar-refractivity contribution in [1.29, 1.82) is 0 Å². The second-order valence-corrected chi connectivity index (χ2v) is 4.77. The van der Waals surface area contributed by atoms with E-state index in [9.17, 15) is 0 Å². The van der Waals surface area contributed by atoms with Gasteiger partial charge in [-0.3, -0.25) is 0 Å². The lowest BCUT2D eigenvalue weighted by Crippen LogP contribution is -1.97. The summed E-state index contributed by atoms with van der Waals surface area (Å²) >= 11 is 11.6. The minimum Gasteiger partial charge on any atom is -0.346 e. The lowest BCUT2D eigenvalue weighted by Gasteiger charge is -2.10. The second-order valence-electron chi connectivity index (χ2n) is 4.04. The minimum absolute atomic E-state index is 0.133. The van der Waals surface area contributed by atoms with Gasteiger partial charge in [-0.1, -0.05) is 35.9 Å². The van der Waals surface area contributed by atoms with Crippen molar-refractivity contribution in [2.45, 2.75) is 6.29 Å². The van der Waals surface area contributed by atoms with Crippen LogP contribution in [-0.4, -0.2) is 23.2 Å². The predicted molar refractivity (Wildman–Crippen MR) is 72.1 cm³/mol. The van der Waals surface area contributed by atoms with Gasteiger partial charge in [0, 0.05) is 17.2 Å². The second kappa shape index (κ2) is 5.43. The SMILES string of the molecule is Clc1cc(-c2ccc(C3OCCO3)cc2)nc(Cl)n1. The average Bonchev–Trinajstić information content (AvgIpc) is 2.91. The third kappa shape index (κ3) is 2.87. The van der Waals surface area contributed by atoms with Gasteiger partial charge in [0.2, 0.25) is 5.28 Å². The Balaban J connectivity index is 1.89. The molecule has 0 radical (unpaired) electrons. The maximum absolute atomic E-state index is 5.86. The van der Waals surface area contributed by atoms with E-state index in [2.05, 4.69) is 9.97 Å². The number of rotatable bonds is 2. The van der Waals surface area contributed by atoms with Crippen molar-refractivity contribution in [2.75, 3.05) is 13.2 Å². The molecule has 19 heavy (non-hydrogen) atoms. The van der Waals surface area contributed by atoms with E-state index in [4.69, 9.17) is 32.7 Å². The molecular formula is C13H10Cl2N2O2. The fourth-order valence-corrected chi connectivity index (χ4v) is 2.31. The largest absolute Gasteiger partial charge is 0.346 e. The Bertz CT molecular complexity index is 563. The fourth-order valence-electron chi connectivity index (χ4n) is 1.90. The molecule has 4 nitrogen and oxygen atoms in total. The highest BCUT2D eigenvalue weighted by Gasteiger charge is 2.18. The number of halogens is 2. The molecule has 1 saturated heterocycles. The molecule has 0 N–H and O–H groups in total. The molecule has 0 saturated carbocycles. The minimum atomic E-state index is -0.272. The van der Waals surface area contributed by atoms with Gasteiger partial charge in [0.1, 0.15) is 5.15 Å². The van der Waals surface area contributed by atoms with Gasteiger partial charge in [-0.15, -0.1) is 0 Å². The van der Waals surface area contributed by atoms with Crippen LogP contribution in [0, 0.1) is 0 Å². The van der Waals surface area contributed by atoms with Crippen molar-refractivity contribution in [3.05, 3.63) is 46.3 Å². The van der Waals surface area contributed by atoms with Gasteiger partial charge in [-0.2, -0.15) is 0 Å². The van der Waals surface area contributed by atoms with Gasteiger partial charge in [0.15, 0.2) is 6.29 Å². The molecule has 98 valence electrons. The average molecular weight is 297 g/mol. The first-order valence-corrected chi connectivity index (χ1v) is 6.51. The van der Waals surface area contributed by atoms with E-state index in [0.717, 1.165) is 11.1 Å². The molecule has 0 aliphatic carbocycles. The third-order valence-electron chi connectivity index (χ3n) is 2.77. The Morgan fingerprint density at radius 1 is 1.00 bits per heavy atom. The van der Waals surface area contributed by atoms with Crippen LogP contribution in [-0.2, 0) is 9.47 Å². The first-order chi connectivity index (χ1) is 9.22. The number of ether oxygens (including phenoxy) is 2. The summed E-state index contributed by atoms with van der Waals surface area (Å²) in [6.07, 6.45) is -0.272. The van der Waals surface area contributed by atoms with Gasteiger partial charge < -0.3 is 9.47 Å². The summed E-state index contributed by atoms with van der Waals surface area (Å²) in [5.74, 6) is 0. The molecule has 0 atom stereocenters. The molecule has 0 spiro atoms. The zero-order chi connectivity index (χ0) is 13.2. The Morgan fingerprint density at radius 2 is 1.68 bits per heavy atom. The Hall–Kier alpha value is -1.20. The topological polar surface area (TPSA) is 44.2 Å². The van der Waals surface area contributed by atoms with Crippen molar-refractivity contribution in [3.63, 3.8) is 0 Å².